The van der Waals surface area contributed by atoms with Gasteiger partial charge < -0.3 is 19.6 Å². The molecule has 0 unspecified atom stereocenters. The van der Waals surface area contributed by atoms with Gasteiger partial charge in [-0.25, -0.2) is 0 Å². The molecule has 1 aliphatic carbocycles. The molecule has 0 aliphatic heterocycles. The van der Waals surface area contributed by atoms with Crippen LogP contribution in [0.3, 0.4) is 0 Å². The fraction of sp³-hybridized carbons (Fsp3) is 0.375. The molecule has 10 heteroatoms. The van der Waals surface area contributed by atoms with Crippen LogP contribution in [0.5, 0.6) is 11.5 Å². The minimum absolute atomic E-state index is 0.139. The van der Waals surface area contributed by atoms with E-state index < -0.39 is 9.03 Å². The normalized spacial score (nSPS) is 12.9. The molecule has 140 valence electrons. The van der Waals surface area contributed by atoms with Crippen LogP contribution in [0.25, 0.3) is 0 Å². The lowest BCUT2D eigenvalue weighted by atomic mass is 10.2. The van der Waals surface area contributed by atoms with E-state index in [2.05, 4.69) is 5.10 Å². The zero-order valence-corrected chi connectivity index (χ0v) is 16.6. The number of benzene rings is 1. The standard InChI is InChI=1S/C16H16ClN3O2S.H3O2P/c1-23-9-20-14(8-21)16(15(19-20)10-2-3-10)22-12-5-4-11(7-18)13(17)6-12;1-3-2/h4-6,10,21H,2-3,8-9H2,1H3;1-3H. The monoisotopic (exact) mass is 415 g/mol. The summed E-state index contributed by atoms with van der Waals surface area (Å²) in [6.07, 6.45) is 4.16. The zero-order valence-electron chi connectivity index (χ0n) is 14.0. The van der Waals surface area contributed by atoms with Crippen molar-refractivity contribution in [2.45, 2.75) is 31.2 Å². The predicted molar refractivity (Wildman–Crippen MR) is 103 cm³/mol. The van der Waals surface area contributed by atoms with Crippen molar-refractivity contribution in [3.05, 3.63) is 40.2 Å². The van der Waals surface area contributed by atoms with Crippen LogP contribution in [-0.4, -0.2) is 30.9 Å². The number of ether oxygens (including phenoxy) is 1. The molecule has 0 bridgehead atoms. The summed E-state index contributed by atoms with van der Waals surface area (Å²) in [6, 6.07) is 6.96. The SMILES string of the molecule is CSCn1nc(C2CC2)c(Oc2ccc(C#N)c(Cl)c2)c1CO.OPO. The molecule has 1 aromatic carbocycles. The van der Waals surface area contributed by atoms with Crippen molar-refractivity contribution >= 4 is 32.4 Å². The molecule has 1 aromatic heterocycles. The summed E-state index contributed by atoms with van der Waals surface area (Å²) < 4.78 is 7.78. The van der Waals surface area contributed by atoms with Crippen molar-refractivity contribution in [2.75, 3.05) is 6.26 Å². The number of halogens is 1. The van der Waals surface area contributed by atoms with E-state index in [0.717, 1.165) is 18.5 Å². The van der Waals surface area contributed by atoms with Crippen molar-refractivity contribution in [1.82, 2.24) is 9.78 Å². The van der Waals surface area contributed by atoms with E-state index >= 15 is 0 Å². The van der Waals surface area contributed by atoms with E-state index in [1.807, 2.05) is 12.3 Å². The number of nitriles is 1. The molecule has 1 aliphatic rings. The Balaban J connectivity index is 0.000000758. The Morgan fingerprint density at radius 2 is 2.15 bits per heavy atom. The maximum Gasteiger partial charge on any atom is 0.174 e. The number of thioether (sulfide) groups is 1. The highest BCUT2D eigenvalue weighted by molar-refractivity contribution is 7.97. The summed E-state index contributed by atoms with van der Waals surface area (Å²) >= 11 is 7.69. The molecule has 7 nitrogen and oxygen atoms in total. The largest absolute Gasteiger partial charge is 0.453 e. The van der Waals surface area contributed by atoms with Crippen molar-refractivity contribution in [3.63, 3.8) is 0 Å². The van der Waals surface area contributed by atoms with Gasteiger partial charge in [-0.3, -0.25) is 4.68 Å². The quantitative estimate of drug-likeness (QED) is 0.620. The van der Waals surface area contributed by atoms with Crippen molar-refractivity contribution in [2.24, 2.45) is 0 Å². The average Bonchev–Trinajstić information content (AvgIpc) is 3.40. The fourth-order valence-corrected chi connectivity index (χ4v) is 3.06. The van der Waals surface area contributed by atoms with Crippen LogP contribution in [0, 0.1) is 11.3 Å². The Labute approximate surface area is 162 Å². The van der Waals surface area contributed by atoms with Crippen molar-refractivity contribution in [1.29, 1.82) is 5.26 Å². The highest BCUT2D eigenvalue weighted by atomic mass is 35.5. The lowest BCUT2D eigenvalue weighted by Crippen LogP contribution is -2.03. The smallest absolute Gasteiger partial charge is 0.174 e. The van der Waals surface area contributed by atoms with Crippen LogP contribution in [-0.2, 0) is 12.5 Å². The third kappa shape index (κ3) is 5.10. The third-order valence-electron chi connectivity index (χ3n) is 3.68. The van der Waals surface area contributed by atoms with Crippen LogP contribution < -0.4 is 4.74 Å². The van der Waals surface area contributed by atoms with Gasteiger partial charge in [0, 0.05) is 12.0 Å². The minimum Gasteiger partial charge on any atom is -0.453 e. The van der Waals surface area contributed by atoms with Crippen LogP contribution in [0.2, 0.25) is 5.02 Å². The van der Waals surface area contributed by atoms with Gasteiger partial charge in [-0.2, -0.15) is 10.4 Å². The Morgan fingerprint density at radius 3 is 2.65 bits per heavy atom. The zero-order chi connectivity index (χ0) is 19.1. The molecular formula is C16H19ClN3O4PS. The molecular weight excluding hydrogens is 397 g/mol. The summed E-state index contributed by atoms with van der Waals surface area (Å²) in [5.74, 6) is 2.21. The number of hydrogen-bond donors (Lipinski definition) is 3. The van der Waals surface area contributed by atoms with E-state index in [1.165, 1.54) is 0 Å². The van der Waals surface area contributed by atoms with Crippen molar-refractivity contribution in [3.8, 4) is 17.6 Å². The highest BCUT2D eigenvalue weighted by Crippen LogP contribution is 2.46. The number of aromatic nitrogens is 2. The van der Waals surface area contributed by atoms with E-state index in [0.29, 0.717) is 39.6 Å². The first-order chi connectivity index (χ1) is 12.6. The maximum atomic E-state index is 9.74. The predicted octanol–water partition coefficient (Wildman–Crippen LogP) is 3.37. The molecule has 0 spiro atoms. The molecule has 2 aromatic rings. The molecule has 0 atom stereocenters. The van der Waals surface area contributed by atoms with Gasteiger partial charge in [-0.05, 0) is 31.2 Å². The Morgan fingerprint density at radius 1 is 1.46 bits per heavy atom. The summed E-state index contributed by atoms with van der Waals surface area (Å²) in [5.41, 5.74) is 1.97. The highest BCUT2D eigenvalue weighted by Gasteiger charge is 2.33. The van der Waals surface area contributed by atoms with Gasteiger partial charge in [-0.15, -0.1) is 11.8 Å². The van der Waals surface area contributed by atoms with Crippen LogP contribution in [0.1, 0.15) is 35.7 Å². The van der Waals surface area contributed by atoms with Gasteiger partial charge >= 0.3 is 0 Å². The Hall–Kier alpha value is -1.33. The minimum atomic E-state index is -0.917. The molecule has 1 fully saturated rings. The van der Waals surface area contributed by atoms with Gasteiger partial charge in [0.05, 0.1) is 23.1 Å². The Kier molecular flexibility index (Phi) is 8.16. The summed E-state index contributed by atoms with van der Waals surface area (Å²) in [4.78, 5) is 14.3. The molecule has 26 heavy (non-hydrogen) atoms. The number of hydrogen-bond acceptors (Lipinski definition) is 7. The van der Waals surface area contributed by atoms with Crippen LogP contribution in [0.15, 0.2) is 18.2 Å². The van der Waals surface area contributed by atoms with Crippen molar-refractivity contribution < 1.29 is 19.6 Å². The molecule has 0 amide bonds. The lowest BCUT2D eigenvalue weighted by Gasteiger charge is -2.09. The van der Waals surface area contributed by atoms with Gasteiger partial charge in [-0.1, -0.05) is 11.6 Å². The van der Waals surface area contributed by atoms with Crippen LogP contribution >= 0.6 is 32.4 Å². The van der Waals surface area contributed by atoms with Gasteiger partial charge in [0.1, 0.15) is 32.2 Å². The van der Waals surface area contributed by atoms with Gasteiger partial charge in [0.2, 0.25) is 0 Å². The second-order valence-corrected chi connectivity index (χ2v) is 6.91. The van der Waals surface area contributed by atoms with E-state index in [4.69, 9.17) is 31.4 Å². The number of nitrogens with zero attached hydrogens (tertiary/aromatic N) is 3. The fourth-order valence-electron chi connectivity index (χ4n) is 2.39. The summed E-state index contributed by atoms with van der Waals surface area (Å²) in [6.45, 7) is -0.139. The lowest BCUT2D eigenvalue weighted by molar-refractivity contribution is 0.265. The molecule has 3 rings (SSSR count). The molecule has 3 N–H and O–H groups in total. The van der Waals surface area contributed by atoms with Gasteiger partial charge in [0.15, 0.2) is 5.75 Å². The molecule has 1 saturated carbocycles. The summed E-state index contributed by atoms with van der Waals surface area (Å²) in [5, 5.41) is 23.6. The average molecular weight is 416 g/mol. The second kappa shape index (κ2) is 10.1. The molecule has 1 heterocycles. The third-order valence-corrected chi connectivity index (χ3v) is 4.50. The number of aliphatic hydroxyl groups excluding tert-OH is 1. The van der Waals surface area contributed by atoms with E-state index in [-0.39, 0.29) is 6.61 Å². The first-order valence-electron chi connectivity index (χ1n) is 7.69. The topological polar surface area (TPSA) is 112 Å². The second-order valence-electron chi connectivity index (χ2n) is 5.47. The first-order valence-corrected chi connectivity index (χ1v) is 10.4. The first kappa shape index (κ1) is 21.0. The Bertz CT molecular complexity index is 793. The number of aliphatic hydroxyl groups is 1. The van der Waals surface area contributed by atoms with Gasteiger partial charge in [0.25, 0.3) is 0 Å². The molecule has 0 saturated heterocycles. The maximum absolute atomic E-state index is 9.74. The van der Waals surface area contributed by atoms with E-state index in [1.54, 1.807) is 34.6 Å². The number of rotatable bonds is 6. The summed E-state index contributed by atoms with van der Waals surface area (Å²) in [7, 11) is -0.917. The van der Waals surface area contributed by atoms with Crippen LogP contribution in [0.4, 0.5) is 0 Å². The molecule has 0 radical (unpaired) electrons. The van der Waals surface area contributed by atoms with E-state index in [9.17, 15) is 5.11 Å².